The molecule has 0 aromatic carbocycles. The Labute approximate surface area is 174 Å². The SMILES string of the molecule is C=C.CCCCC(C)C(C)CCCC.CCCCCC(=O)N1C(=O)CCC1=O. The number of hydrogen-bond donors (Lipinski definition) is 0. The fourth-order valence-electron chi connectivity index (χ4n) is 3.11. The maximum Gasteiger partial charge on any atom is 0.236 e. The molecule has 0 aromatic heterocycles. The van der Waals surface area contributed by atoms with Gasteiger partial charge in [-0.15, -0.1) is 13.2 Å². The molecule has 1 fully saturated rings. The van der Waals surface area contributed by atoms with Crippen molar-refractivity contribution in [1.29, 1.82) is 0 Å². The van der Waals surface area contributed by atoms with Crippen LogP contribution in [0.5, 0.6) is 0 Å². The van der Waals surface area contributed by atoms with E-state index in [1.54, 1.807) is 0 Å². The van der Waals surface area contributed by atoms with Gasteiger partial charge >= 0.3 is 0 Å². The highest BCUT2D eigenvalue weighted by Gasteiger charge is 2.33. The van der Waals surface area contributed by atoms with Crippen molar-refractivity contribution >= 4 is 17.7 Å². The average molecular weight is 396 g/mol. The van der Waals surface area contributed by atoms with Gasteiger partial charge < -0.3 is 0 Å². The average Bonchev–Trinajstić information content (AvgIpc) is 3.04. The third-order valence-electron chi connectivity index (χ3n) is 5.29. The van der Waals surface area contributed by atoms with Gasteiger partial charge in [0.2, 0.25) is 17.7 Å². The summed E-state index contributed by atoms with van der Waals surface area (Å²) in [5.74, 6) is 0.881. The van der Waals surface area contributed by atoms with E-state index in [1.165, 1.54) is 38.5 Å². The van der Waals surface area contributed by atoms with Crippen LogP contribution in [-0.2, 0) is 14.4 Å². The van der Waals surface area contributed by atoms with Gasteiger partial charge in [0, 0.05) is 19.3 Å². The van der Waals surface area contributed by atoms with E-state index in [0.29, 0.717) is 6.42 Å². The predicted molar refractivity (Wildman–Crippen MR) is 119 cm³/mol. The predicted octanol–water partition coefficient (Wildman–Crippen LogP) is 6.68. The Bertz CT molecular complexity index is 406. The lowest BCUT2D eigenvalue weighted by Crippen LogP contribution is -2.35. The molecule has 4 heteroatoms. The fraction of sp³-hybridized carbons (Fsp3) is 0.792. The fourth-order valence-corrected chi connectivity index (χ4v) is 3.11. The van der Waals surface area contributed by atoms with Crippen LogP contribution in [0.25, 0.3) is 0 Å². The molecular weight excluding hydrogens is 350 g/mol. The summed E-state index contributed by atoms with van der Waals surface area (Å²) in [5, 5.41) is 0. The molecule has 2 unspecified atom stereocenters. The van der Waals surface area contributed by atoms with Crippen LogP contribution >= 0.6 is 0 Å². The zero-order valence-corrected chi connectivity index (χ0v) is 19.2. The molecule has 164 valence electrons. The molecule has 28 heavy (non-hydrogen) atoms. The van der Waals surface area contributed by atoms with E-state index >= 15 is 0 Å². The molecule has 1 aliphatic rings. The molecule has 0 aliphatic carbocycles. The molecule has 0 bridgehead atoms. The Morgan fingerprint density at radius 3 is 1.57 bits per heavy atom. The van der Waals surface area contributed by atoms with E-state index in [0.717, 1.165) is 36.0 Å². The number of hydrogen-bond acceptors (Lipinski definition) is 3. The van der Waals surface area contributed by atoms with Gasteiger partial charge in [0.05, 0.1) is 0 Å². The molecule has 0 N–H and O–H groups in total. The number of likely N-dealkylation sites (tertiary alicyclic amines) is 1. The summed E-state index contributed by atoms with van der Waals surface area (Å²) in [6.07, 6.45) is 11.8. The van der Waals surface area contributed by atoms with Crippen molar-refractivity contribution in [3.05, 3.63) is 13.2 Å². The molecule has 1 aliphatic heterocycles. The normalized spacial score (nSPS) is 15.2. The molecule has 0 aromatic rings. The standard InChI is InChI=1S/C12H26.C10H15NO3.C2H4/c1-5-7-9-11(3)12(4)10-8-6-2;1-2-3-4-5-8(12)11-9(13)6-7-10(11)14;1-2/h11-12H,5-10H2,1-4H3;2-7H2,1H3;1-2H2. The number of amides is 3. The molecule has 3 amide bonds. The molecule has 0 radical (unpaired) electrons. The van der Waals surface area contributed by atoms with E-state index in [4.69, 9.17) is 0 Å². The van der Waals surface area contributed by atoms with E-state index in [9.17, 15) is 14.4 Å². The van der Waals surface area contributed by atoms with Crippen molar-refractivity contribution in [2.75, 3.05) is 0 Å². The smallest absolute Gasteiger partial charge is 0.236 e. The van der Waals surface area contributed by atoms with Crippen LogP contribution in [0.1, 0.15) is 112 Å². The number of nitrogens with zero attached hydrogens (tertiary/aromatic N) is 1. The quantitative estimate of drug-likeness (QED) is 0.223. The third kappa shape index (κ3) is 12.9. The first-order valence-electron chi connectivity index (χ1n) is 11.3. The second-order valence-corrected chi connectivity index (χ2v) is 7.71. The van der Waals surface area contributed by atoms with Crippen molar-refractivity contribution < 1.29 is 14.4 Å². The maximum absolute atomic E-state index is 11.4. The van der Waals surface area contributed by atoms with Crippen LogP contribution in [0.15, 0.2) is 13.2 Å². The van der Waals surface area contributed by atoms with E-state index in [-0.39, 0.29) is 30.6 Å². The zero-order valence-electron chi connectivity index (χ0n) is 19.2. The van der Waals surface area contributed by atoms with E-state index in [1.807, 2.05) is 6.92 Å². The number of rotatable bonds is 11. The summed E-state index contributed by atoms with van der Waals surface area (Å²) in [4.78, 5) is 34.5. The van der Waals surface area contributed by atoms with E-state index in [2.05, 4.69) is 40.9 Å². The summed E-state index contributed by atoms with van der Waals surface area (Å²) in [6, 6.07) is 0. The maximum atomic E-state index is 11.4. The molecule has 0 spiro atoms. The van der Waals surface area contributed by atoms with Gasteiger partial charge in [0.15, 0.2) is 0 Å². The first-order valence-corrected chi connectivity index (χ1v) is 11.3. The Balaban J connectivity index is 0. The Hall–Kier alpha value is -1.45. The summed E-state index contributed by atoms with van der Waals surface area (Å²) in [6.45, 7) is 17.4. The largest absolute Gasteiger partial charge is 0.274 e. The molecule has 1 saturated heterocycles. The Morgan fingerprint density at radius 2 is 1.21 bits per heavy atom. The molecular formula is C24H45NO3. The second kappa shape index (κ2) is 18.9. The minimum absolute atomic E-state index is 0.193. The summed E-state index contributed by atoms with van der Waals surface area (Å²) < 4.78 is 0. The first-order chi connectivity index (χ1) is 13.4. The first kappa shape index (κ1) is 28.8. The number of carbonyl (C=O) groups is 3. The van der Waals surface area contributed by atoms with Crippen molar-refractivity contribution in [1.82, 2.24) is 4.90 Å². The second-order valence-electron chi connectivity index (χ2n) is 7.71. The molecule has 2 atom stereocenters. The highest BCUT2D eigenvalue weighted by molar-refractivity contribution is 6.14. The minimum Gasteiger partial charge on any atom is -0.274 e. The van der Waals surface area contributed by atoms with Crippen molar-refractivity contribution in [3.8, 4) is 0 Å². The summed E-state index contributed by atoms with van der Waals surface area (Å²) >= 11 is 0. The lowest BCUT2D eigenvalue weighted by atomic mass is 9.87. The van der Waals surface area contributed by atoms with Gasteiger partial charge in [0.25, 0.3) is 0 Å². The van der Waals surface area contributed by atoms with Crippen LogP contribution < -0.4 is 0 Å². The lowest BCUT2D eigenvalue weighted by Gasteiger charge is -2.19. The van der Waals surface area contributed by atoms with Crippen LogP contribution in [0.4, 0.5) is 0 Å². The van der Waals surface area contributed by atoms with Gasteiger partial charge in [-0.3, -0.25) is 14.4 Å². The number of unbranched alkanes of at least 4 members (excludes halogenated alkanes) is 4. The highest BCUT2D eigenvalue weighted by atomic mass is 16.2. The molecule has 0 saturated carbocycles. The van der Waals surface area contributed by atoms with Crippen LogP contribution in [0, 0.1) is 11.8 Å². The summed E-state index contributed by atoms with van der Waals surface area (Å²) in [7, 11) is 0. The monoisotopic (exact) mass is 395 g/mol. The van der Waals surface area contributed by atoms with Gasteiger partial charge in [-0.05, 0) is 18.3 Å². The van der Waals surface area contributed by atoms with Crippen molar-refractivity contribution in [2.45, 2.75) is 112 Å². The van der Waals surface area contributed by atoms with Crippen LogP contribution in [0.3, 0.4) is 0 Å². The van der Waals surface area contributed by atoms with Crippen molar-refractivity contribution in [2.24, 2.45) is 11.8 Å². The Kier molecular flexibility index (Phi) is 19.4. The van der Waals surface area contributed by atoms with Crippen LogP contribution in [-0.4, -0.2) is 22.6 Å². The van der Waals surface area contributed by atoms with E-state index < -0.39 is 0 Å². The third-order valence-corrected chi connectivity index (χ3v) is 5.29. The highest BCUT2D eigenvalue weighted by Crippen LogP contribution is 2.22. The molecule has 1 rings (SSSR count). The zero-order chi connectivity index (χ0) is 21.9. The van der Waals surface area contributed by atoms with Gasteiger partial charge in [0.1, 0.15) is 0 Å². The minimum atomic E-state index is -0.337. The van der Waals surface area contributed by atoms with Gasteiger partial charge in [-0.1, -0.05) is 86.0 Å². The Morgan fingerprint density at radius 1 is 0.821 bits per heavy atom. The van der Waals surface area contributed by atoms with Gasteiger partial charge in [-0.25, -0.2) is 4.90 Å². The molecule has 4 nitrogen and oxygen atoms in total. The van der Waals surface area contributed by atoms with Gasteiger partial charge in [-0.2, -0.15) is 0 Å². The number of imide groups is 3. The lowest BCUT2D eigenvalue weighted by molar-refractivity contribution is -0.149. The summed E-state index contributed by atoms with van der Waals surface area (Å²) in [5.41, 5.74) is 0. The topological polar surface area (TPSA) is 54.5 Å². The molecule has 1 heterocycles. The number of carbonyl (C=O) groups excluding carboxylic acids is 3. The van der Waals surface area contributed by atoms with Crippen molar-refractivity contribution in [3.63, 3.8) is 0 Å². The van der Waals surface area contributed by atoms with Crippen LogP contribution in [0.2, 0.25) is 0 Å².